The van der Waals surface area contributed by atoms with Gasteiger partial charge in [0.1, 0.15) is 0 Å². The van der Waals surface area contributed by atoms with E-state index in [1.54, 1.807) is 6.08 Å². The Labute approximate surface area is 83.4 Å². The van der Waals surface area contributed by atoms with Crippen LogP contribution in [0.15, 0.2) is 48.6 Å². The molecule has 0 aliphatic heterocycles. The molecule has 13 heavy (non-hydrogen) atoms. The second-order valence-corrected chi connectivity index (χ2v) is 2.42. The molecule has 0 fully saturated rings. The van der Waals surface area contributed by atoms with Gasteiger partial charge in [0.15, 0.2) is 0 Å². The molecule has 0 aliphatic rings. The number of rotatable bonds is 4. The van der Waals surface area contributed by atoms with E-state index in [0.717, 1.165) is 12.0 Å². The lowest BCUT2D eigenvalue weighted by Gasteiger charge is -1.97. The van der Waals surface area contributed by atoms with Gasteiger partial charge in [0, 0.05) is 0 Å². The third kappa shape index (κ3) is 8.87. The van der Waals surface area contributed by atoms with Crippen molar-refractivity contribution < 1.29 is 0 Å². The summed E-state index contributed by atoms with van der Waals surface area (Å²) < 4.78 is 0. The first-order chi connectivity index (χ1) is 6.22. The molecular weight excluding hydrogens is 156 g/mol. The molecule has 0 nitrogen and oxygen atoms in total. The maximum Gasteiger partial charge on any atom is -0.0303 e. The van der Waals surface area contributed by atoms with Gasteiger partial charge in [-0.25, -0.2) is 0 Å². The summed E-state index contributed by atoms with van der Waals surface area (Å²) in [5.74, 6) is 0. The van der Waals surface area contributed by atoms with E-state index in [9.17, 15) is 0 Å². The zero-order chi connectivity index (χ0) is 10.7. The maximum atomic E-state index is 3.91. The van der Waals surface area contributed by atoms with Crippen molar-refractivity contribution >= 4 is 0 Å². The van der Waals surface area contributed by atoms with E-state index in [4.69, 9.17) is 0 Å². The van der Waals surface area contributed by atoms with Gasteiger partial charge in [-0.3, -0.25) is 0 Å². The quantitative estimate of drug-likeness (QED) is 0.549. The van der Waals surface area contributed by atoms with Crippen LogP contribution in [-0.2, 0) is 0 Å². The van der Waals surface area contributed by atoms with E-state index < -0.39 is 0 Å². The maximum absolute atomic E-state index is 3.91. The second-order valence-electron chi connectivity index (χ2n) is 2.42. The largest absolute Gasteiger partial charge is 0.0991 e. The van der Waals surface area contributed by atoms with E-state index in [2.05, 4.69) is 33.1 Å². The van der Waals surface area contributed by atoms with Gasteiger partial charge in [-0.15, -0.1) is 0 Å². The Hall–Kier alpha value is -1.04. The van der Waals surface area contributed by atoms with Gasteiger partial charge in [-0.1, -0.05) is 58.2 Å². The van der Waals surface area contributed by atoms with Crippen LogP contribution in [0.3, 0.4) is 0 Å². The van der Waals surface area contributed by atoms with Gasteiger partial charge in [0.25, 0.3) is 0 Å². The fourth-order valence-corrected chi connectivity index (χ4v) is 0.753. The minimum Gasteiger partial charge on any atom is -0.0991 e. The molecular formula is C13H22. The molecule has 0 rings (SSSR count). The Morgan fingerprint density at radius 2 is 1.85 bits per heavy atom. The van der Waals surface area contributed by atoms with Crippen LogP contribution >= 0.6 is 0 Å². The molecule has 0 saturated heterocycles. The molecule has 0 radical (unpaired) electrons. The molecule has 0 spiro atoms. The second kappa shape index (κ2) is 11.0. The van der Waals surface area contributed by atoms with Gasteiger partial charge in [0.2, 0.25) is 0 Å². The predicted molar refractivity (Wildman–Crippen MR) is 63.9 cm³/mol. The molecule has 0 heteroatoms. The van der Waals surface area contributed by atoms with Crippen molar-refractivity contribution in [3.05, 3.63) is 48.6 Å². The highest BCUT2D eigenvalue weighted by Gasteiger charge is 1.88. The van der Waals surface area contributed by atoms with Crippen LogP contribution in [0.5, 0.6) is 0 Å². The van der Waals surface area contributed by atoms with Crippen LogP contribution in [-0.4, -0.2) is 0 Å². The van der Waals surface area contributed by atoms with E-state index in [1.165, 1.54) is 5.57 Å². The van der Waals surface area contributed by atoms with Gasteiger partial charge in [0.05, 0.1) is 0 Å². The normalized spacial score (nSPS) is 10.6. The summed E-state index contributed by atoms with van der Waals surface area (Å²) in [6, 6.07) is 0. The number of hydrogen-bond acceptors (Lipinski definition) is 0. The van der Waals surface area contributed by atoms with Crippen molar-refractivity contribution in [1.82, 2.24) is 0 Å². The van der Waals surface area contributed by atoms with E-state index in [1.807, 2.05) is 26.0 Å². The van der Waals surface area contributed by atoms with Crippen LogP contribution in [0.4, 0.5) is 0 Å². The first-order valence-corrected chi connectivity index (χ1v) is 4.87. The molecule has 0 bridgehead atoms. The van der Waals surface area contributed by atoms with Crippen molar-refractivity contribution in [3.63, 3.8) is 0 Å². The molecule has 0 atom stereocenters. The van der Waals surface area contributed by atoms with Crippen LogP contribution in [0.25, 0.3) is 0 Å². The Bertz CT molecular complexity index is 192. The van der Waals surface area contributed by atoms with E-state index in [-0.39, 0.29) is 0 Å². The number of hydrogen-bond donors (Lipinski definition) is 0. The Morgan fingerprint density at radius 3 is 2.23 bits per heavy atom. The van der Waals surface area contributed by atoms with Gasteiger partial charge in [-0.2, -0.15) is 0 Å². The average Bonchev–Trinajstić information content (AvgIpc) is 2.17. The Kier molecular flexibility index (Phi) is 12.2. The zero-order valence-corrected chi connectivity index (χ0v) is 9.43. The van der Waals surface area contributed by atoms with Gasteiger partial charge >= 0.3 is 0 Å². The summed E-state index contributed by atoms with van der Waals surface area (Å²) in [6.07, 6.45) is 8.84. The average molecular weight is 178 g/mol. The highest BCUT2D eigenvalue weighted by atomic mass is 13.9. The summed E-state index contributed by atoms with van der Waals surface area (Å²) in [6.45, 7) is 15.7. The molecule has 0 amide bonds. The SMILES string of the molecule is C=C/C=C\C(=C)/C(C)=C/CC.CC. The summed E-state index contributed by atoms with van der Waals surface area (Å²) in [5.41, 5.74) is 2.30. The van der Waals surface area contributed by atoms with Crippen molar-refractivity contribution in [2.24, 2.45) is 0 Å². The first kappa shape index (κ1) is 14.5. The molecule has 0 aromatic carbocycles. The monoisotopic (exact) mass is 178 g/mol. The standard InChI is InChI=1S/C11H16.C2H6/c1-5-7-9-11(4)10(3)8-6-2;1-2/h5,7-9H,1,4,6H2,2-3H3;1-2H3/b9-7-,10-8+;. The van der Waals surface area contributed by atoms with Gasteiger partial charge in [-0.05, 0) is 24.5 Å². The molecule has 0 aliphatic carbocycles. The predicted octanol–water partition coefficient (Wildman–Crippen LogP) is 4.67. The Balaban J connectivity index is 0. The fourth-order valence-electron chi connectivity index (χ4n) is 0.753. The molecule has 0 aromatic rings. The molecule has 0 heterocycles. The minimum atomic E-state index is 1.06. The third-order valence-electron chi connectivity index (χ3n) is 1.45. The topological polar surface area (TPSA) is 0 Å². The van der Waals surface area contributed by atoms with E-state index >= 15 is 0 Å². The highest BCUT2D eigenvalue weighted by Crippen LogP contribution is 2.08. The molecule has 0 saturated carbocycles. The lowest BCUT2D eigenvalue weighted by Crippen LogP contribution is -1.77. The minimum absolute atomic E-state index is 1.06. The van der Waals surface area contributed by atoms with Crippen molar-refractivity contribution in [3.8, 4) is 0 Å². The summed E-state index contributed by atoms with van der Waals surface area (Å²) >= 11 is 0. The zero-order valence-electron chi connectivity index (χ0n) is 9.43. The summed E-state index contributed by atoms with van der Waals surface area (Å²) in [7, 11) is 0. The first-order valence-electron chi connectivity index (χ1n) is 4.87. The highest BCUT2D eigenvalue weighted by molar-refractivity contribution is 5.36. The van der Waals surface area contributed by atoms with Gasteiger partial charge < -0.3 is 0 Å². The van der Waals surface area contributed by atoms with Crippen molar-refractivity contribution in [2.75, 3.05) is 0 Å². The third-order valence-corrected chi connectivity index (χ3v) is 1.45. The number of allylic oxidation sites excluding steroid dienone is 6. The summed E-state index contributed by atoms with van der Waals surface area (Å²) in [4.78, 5) is 0. The smallest absolute Gasteiger partial charge is 0.0303 e. The van der Waals surface area contributed by atoms with Crippen molar-refractivity contribution in [1.29, 1.82) is 0 Å². The Morgan fingerprint density at radius 1 is 1.31 bits per heavy atom. The van der Waals surface area contributed by atoms with Crippen LogP contribution in [0.1, 0.15) is 34.1 Å². The lowest BCUT2D eigenvalue weighted by molar-refractivity contribution is 1.19. The summed E-state index contributed by atoms with van der Waals surface area (Å²) in [5, 5.41) is 0. The molecule has 0 N–H and O–H groups in total. The van der Waals surface area contributed by atoms with Crippen LogP contribution in [0, 0.1) is 0 Å². The molecule has 0 unspecified atom stereocenters. The van der Waals surface area contributed by atoms with Crippen LogP contribution < -0.4 is 0 Å². The lowest BCUT2D eigenvalue weighted by atomic mass is 10.1. The molecule has 74 valence electrons. The molecule has 0 aromatic heterocycles. The van der Waals surface area contributed by atoms with E-state index in [0.29, 0.717) is 0 Å². The fraction of sp³-hybridized carbons (Fsp3) is 0.385. The van der Waals surface area contributed by atoms with Crippen molar-refractivity contribution in [2.45, 2.75) is 34.1 Å². The van der Waals surface area contributed by atoms with Crippen LogP contribution in [0.2, 0.25) is 0 Å².